The number of carboxylic acids is 1. The highest BCUT2D eigenvalue weighted by molar-refractivity contribution is 6.33. The second-order valence-electron chi connectivity index (χ2n) is 10.6. The summed E-state index contributed by atoms with van der Waals surface area (Å²) >= 11 is 0. The predicted molar refractivity (Wildman–Crippen MR) is 173 cm³/mol. The average Bonchev–Trinajstić information content (AvgIpc) is 3.36. The number of unbranched alkanes of at least 4 members (excludes halogenated alkanes) is 1. The van der Waals surface area contributed by atoms with Gasteiger partial charge in [-0.05, 0) is 59.7 Å². The Hall–Kier alpha value is -4.64. The molecule has 0 unspecified atom stereocenters. The van der Waals surface area contributed by atoms with E-state index in [1.54, 1.807) is 0 Å². The lowest BCUT2D eigenvalue weighted by molar-refractivity contribution is -0.148. The largest absolute Gasteiger partial charge is 0.493 e. The van der Waals surface area contributed by atoms with Crippen molar-refractivity contribution < 1.29 is 23.8 Å². The maximum absolute atomic E-state index is 12.1. The second-order valence-corrected chi connectivity index (χ2v) is 10.6. The molecule has 0 aliphatic rings. The molecule has 222 valence electrons. The summed E-state index contributed by atoms with van der Waals surface area (Å²) in [5, 5.41) is 10.4. The van der Waals surface area contributed by atoms with Crippen LogP contribution in [0.5, 0.6) is 5.75 Å². The van der Waals surface area contributed by atoms with Crippen molar-refractivity contribution in [3.05, 3.63) is 125 Å². The number of hydrogen-bond acceptors (Lipinski definition) is 4. The van der Waals surface area contributed by atoms with Gasteiger partial charge in [0.25, 0.3) is 0 Å². The normalized spacial score (nSPS) is 10.8. The molecule has 1 aromatic heterocycles. The van der Waals surface area contributed by atoms with Crippen LogP contribution in [0.1, 0.15) is 61.6 Å². The number of aliphatic carboxylic acids is 1. The van der Waals surface area contributed by atoms with Gasteiger partial charge in [-0.1, -0.05) is 99.6 Å². The van der Waals surface area contributed by atoms with Crippen LogP contribution in [-0.2, 0) is 35.3 Å². The molecule has 0 atom stereocenters. The molecular weight excluding hydrogens is 536 g/mol. The van der Waals surface area contributed by atoms with Crippen LogP contribution in [0.3, 0.4) is 0 Å². The van der Waals surface area contributed by atoms with Crippen LogP contribution < -0.4 is 4.74 Å². The molecule has 4 aromatic carbocycles. The molecule has 0 spiro atoms. The smallest absolute Gasteiger partial charge is 0.372 e. The van der Waals surface area contributed by atoms with Gasteiger partial charge in [0.1, 0.15) is 17.1 Å². The van der Waals surface area contributed by atoms with E-state index in [4.69, 9.17) is 9.15 Å². The van der Waals surface area contributed by atoms with Crippen molar-refractivity contribution >= 4 is 22.7 Å². The van der Waals surface area contributed by atoms with Gasteiger partial charge in [0.15, 0.2) is 0 Å². The highest BCUT2D eigenvalue weighted by atomic mass is 16.5. The lowest BCUT2D eigenvalue weighted by atomic mass is 9.96. The average molecular weight is 577 g/mol. The molecule has 5 aromatic rings. The van der Waals surface area contributed by atoms with Gasteiger partial charge in [-0.15, -0.1) is 0 Å². The van der Waals surface area contributed by atoms with Crippen molar-refractivity contribution in [1.29, 1.82) is 0 Å². The molecule has 1 N–H and O–H groups in total. The Balaban J connectivity index is 0.00000423. The van der Waals surface area contributed by atoms with Crippen LogP contribution in [0.2, 0.25) is 0 Å². The summed E-state index contributed by atoms with van der Waals surface area (Å²) < 4.78 is 12.2. The third kappa shape index (κ3) is 8.01. The number of hydrogen-bond donors (Lipinski definition) is 1. The number of carboxylic acid groups (broad SMARTS) is 1. The summed E-state index contributed by atoms with van der Waals surface area (Å²) in [6.07, 6.45) is 5.38. The fourth-order valence-electron chi connectivity index (χ4n) is 5.29. The van der Waals surface area contributed by atoms with Gasteiger partial charge in [0.05, 0.1) is 6.61 Å². The van der Waals surface area contributed by atoms with Crippen LogP contribution in [-0.4, -0.2) is 23.5 Å². The standard InChI is InChI=1S/C37H36O5.CH4/c1-2-3-14-36-32(31-13-7-8-15-35(31)42-36)23-27-16-18-28(19-17-27)29-20-21-34(30(24-29)25-33(38)37(39)40)41-22-9-12-26-10-5-4-6-11-26;/h4-8,10-11,13,15-21,24H,2-3,9,12,14,22-23,25H2,1H3,(H,39,40);1H4. The summed E-state index contributed by atoms with van der Waals surface area (Å²) in [5.74, 6) is -0.689. The van der Waals surface area contributed by atoms with E-state index >= 15 is 0 Å². The molecule has 5 rings (SSSR count). The lowest BCUT2D eigenvalue weighted by Crippen LogP contribution is -2.16. The Kier molecular flexibility index (Phi) is 10.9. The number of aryl methyl sites for hydroxylation is 2. The third-order valence-corrected chi connectivity index (χ3v) is 7.57. The Bertz CT molecular complexity index is 1650. The van der Waals surface area contributed by atoms with Crippen molar-refractivity contribution in [2.24, 2.45) is 0 Å². The maximum atomic E-state index is 12.1. The van der Waals surface area contributed by atoms with Gasteiger partial charge in [-0.25, -0.2) is 4.79 Å². The molecule has 0 aliphatic heterocycles. The number of rotatable bonds is 14. The van der Waals surface area contributed by atoms with Crippen LogP contribution in [0, 0.1) is 0 Å². The fourth-order valence-corrected chi connectivity index (χ4v) is 5.29. The number of carbonyl (C=O) groups is 2. The van der Waals surface area contributed by atoms with E-state index in [0.717, 1.165) is 61.0 Å². The van der Waals surface area contributed by atoms with E-state index in [2.05, 4.69) is 55.5 Å². The van der Waals surface area contributed by atoms with E-state index < -0.39 is 11.8 Å². The number of fused-ring (bicyclic) bond motifs is 1. The molecule has 0 radical (unpaired) electrons. The summed E-state index contributed by atoms with van der Waals surface area (Å²) in [7, 11) is 0. The number of ether oxygens (including phenoxy) is 1. The minimum absolute atomic E-state index is 0. The monoisotopic (exact) mass is 576 g/mol. The molecule has 5 heteroatoms. The van der Waals surface area contributed by atoms with E-state index in [0.29, 0.717) is 17.9 Å². The number of furan rings is 1. The zero-order chi connectivity index (χ0) is 29.3. The molecule has 0 aliphatic carbocycles. The molecule has 0 saturated heterocycles. The van der Waals surface area contributed by atoms with Gasteiger partial charge in [0.2, 0.25) is 5.78 Å². The molecule has 0 fully saturated rings. The van der Waals surface area contributed by atoms with Gasteiger partial charge < -0.3 is 14.3 Å². The number of carbonyl (C=O) groups excluding carboxylic acids is 1. The fraction of sp³-hybridized carbons (Fsp3) is 0.263. The first-order valence-electron chi connectivity index (χ1n) is 14.7. The zero-order valence-corrected chi connectivity index (χ0v) is 24.0. The van der Waals surface area contributed by atoms with Crippen molar-refractivity contribution in [3.63, 3.8) is 0 Å². The second kappa shape index (κ2) is 15.0. The first-order chi connectivity index (χ1) is 20.5. The Morgan fingerprint density at radius 1 is 0.791 bits per heavy atom. The van der Waals surface area contributed by atoms with E-state index in [-0.39, 0.29) is 13.8 Å². The minimum Gasteiger partial charge on any atom is -0.493 e. The summed E-state index contributed by atoms with van der Waals surface area (Å²) in [6.45, 7) is 2.66. The summed E-state index contributed by atoms with van der Waals surface area (Å²) in [5.41, 5.74) is 7.07. The van der Waals surface area contributed by atoms with Crippen molar-refractivity contribution in [1.82, 2.24) is 0 Å². The van der Waals surface area contributed by atoms with E-state index in [1.165, 1.54) is 22.1 Å². The Labute approximate surface area is 254 Å². The molecule has 5 nitrogen and oxygen atoms in total. The number of Topliss-reactive ketones (excluding diaryl/α,β-unsaturated/α-hetero) is 1. The molecule has 0 amide bonds. The number of benzene rings is 4. The molecular formula is C38H40O5. The quantitative estimate of drug-likeness (QED) is 0.106. The maximum Gasteiger partial charge on any atom is 0.372 e. The minimum atomic E-state index is -1.44. The third-order valence-electron chi connectivity index (χ3n) is 7.57. The van der Waals surface area contributed by atoms with E-state index in [9.17, 15) is 14.7 Å². The SMILES string of the molecule is C.CCCCc1oc2ccccc2c1Cc1ccc(-c2ccc(OCCCc3ccccc3)c(CC(=O)C(=O)O)c2)cc1. The summed E-state index contributed by atoms with van der Waals surface area (Å²) in [6, 6.07) is 32.5. The van der Waals surface area contributed by atoms with Gasteiger partial charge in [-0.3, -0.25) is 4.79 Å². The Morgan fingerprint density at radius 3 is 2.26 bits per heavy atom. The van der Waals surface area contributed by atoms with Gasteiger partial charge in [-0.2, -0.15) is 0 Å². The number of ketones is 1. The lowest BCUT2D eigenvalue weighted by Gasteiger charge is -2.13. The van der Waals surface area contributed by atoms with Crippen molar-refractivity contribution in [2.45, 2.75) is 59.3 Å². The summed E-state index contributed by atoms with van der Waals surface area (Å²) in [4.78, 5) is 23.5. The Morgan fingerprint density at radius 2 is 1.51 bits per heavy atom. The van der Waals surface area contributed by atoms with Crippen molar-refractivity contribution in [3.8, 4) is 16.9 Å². The van der Waals surface area contributed by atoms with Crippen LogP contribution in [0.15, 0.2) is 101 Å². The first-order valence-corrected chi connectivity index (χ1v) is 14.7. The first kappa shape index (κ1) is 31.3. The highest BCUT2D eigenvalue weighted by Crippen LogP contribution is 2.31. The molecule has 0 bridgehead atoms. The van der Waals surface area contributed by atoms with Gasteiger partial charge in [0, 0.05) is 35.8 Å². The number of para-hydroxylation sites is 1. The molecule has 1 heterocycles. The van der Waals surface area contributed by atoms with Crippen molar-refractivity contribution in [2.75, 3.05) is 6.61 Å². The highest BCUT2D eigenvalue weighted by Gasteiger charge is 2.17. The molecule has 43 heavy (non-hydrogen) atoms. The van der Waals surface area contributed by atoms with Crippen LogP contribution in [0.25, 0.3) is 22.1 Å². The topological polar surface area (TPSA) is 76.7 Å². The van der Waals surface area contributed by atoms with Crippen LogP contribution >= 0.6 is 0 Å². The predicted octanol–water partition coefficient (Wildman–Crippen LogP) is 8.88. The molecule has 0 saturated carbocycles. The van der Waals surface area contributed by atoms with E-state index in [1.807, 2.05) is 48.5 Å². The van der Waals surface area contributed by atoms with Crippen LogP contribution in [0.4, 0.5) is 0 Å². The zero-order valence-electron chi connectivity index (χ0n) is 24.0. The van der Waals surface area contributed by atoms with Gasteiger partial charge >= 0.3 is 5.97 Å².